The van der Waals surface area contributed by atoms with Crippen molar-refractivity contribution in [3.63, 3.8) is 0 Å². The van der Waals surface area contributed by atoms with E-state index in [0.29, 0.717) is 24.0 Å². The third kappa shape index (κ3) is 4.16. The van der Waals surface area contributed by atoms with Gasteiger partial charge in [0, 0.05) is 37.3 Å². The van der Waals surface area contributed by atoms with Crippen LogP contribution < -0.4 is 5.32 Å². The van der Waals surface area contributed by atoms with Gasteiger partial charge in [-0.15, -0.1) is 11.3 Å². The van der Waals surface area contributed by atoms with Crippen molar-refractivity contribution in [2.75, 3.05) is 32.8 Å². The number of hydrogen-bond donors (Lipinski definition) is 1. The van der Waals surface area contributed by atoms with E-state index < -0.39 is 0 Å². The first-order valence-electron chi connectivity index (χ1n) is 12.3. The Morgan fingerprint density at radius 2 is 2.03 bits per heavy atom. The van der Waals surface area contributed by atoms with Gasteiger partial charge in [0.15, 0.2) is 0 Å². The van der Waals surface area contributed by atoms with Gasteiger partial charge in [-0.3, -0.25) is 9.69 Å². The van der Waals surface area contributed by atoms with E-state index >= 15 is 0 Å². The topological polar surface area (TPSA) is 85.2 Å². The molecule has 0 unspecified atom stereocenters. The van der Waals surface area contributed by atoms with Crippen LogP contribution in [0.3, 0.4) is 0 Å². The highest BCUT2D eigenvalue weighted by atomic mass is 32.1. The number of nitrogens with one attached hydrogen (secondary N) is 1. The predicted octanol–water partition coefficient (Wildman–Crippen LogP) is 3.64. The lowest BCUT2D eigenvalue weighted by atomic mass is 9.94. The lowest BCUT2D eigenvalue weighted by Crippen LogP contribution is -2.57. The smallest absolute Gasteiger partial charge is 0.254 e. The molecule has 1 aliphatic heterocycles. The fraction of sp³-hybridized carbons (Fsp3) is 0.520. The van der Waals surface area contributed by atoms with Gasteiger partial charge < -0.3 is 10.1 Å². The Bertz CT molecular complexity index is 1140. The number of ether oxygens (including phenoxy) is 1. The quantitative estimate of drug-likeness (QED) is 0.558. The van der Waals surface area contributed by atoms with Crippen molar-refractivity contribution in [2.24, 2.45) is 0 Å². The number of amides is 1. The molecular weight excluding hydrogens is 448 g/mol. The Hall–Kier alpha value is -2.62. The zero-order valence-corrected chi connectivity index (χ0v) is 20.1. The van der Waals surface area contributed by atoms with E-state index in [0.717, 1.165) is 68.3 Å². The highest BCUT2D eigenvalue weighted by Gasteiger charge is 2.41. The first-order valence-corrected chi connectivity index (χ1v) is 13.2. The molecular formula is C25H30N6O2S. The highest BCUT2D eigenvalue weighted by molar-refractivity contribution is 7.13. The fourth-order valence-corrected chi connectivity index (χ4v) is 6.16. The maximum atomic E-state index is 13.4. The Morgan fingerprint density at radius 3 is 2.76 bits per heavy atom. The maximum absolute atomic E-state index is 13.4. The van der Waals surface area contributed by atoms with Gasteiger partial charge in [0.05, 0.1) is 41.2 Å². The van der Waals surface area contributed by atoms with Crippen molar-refractivity contribution in [3.05, 3.63) is 47.2 Å². The number of aromatic nitrogens is 4. The largest absolute Gasteiger partial charge is 0.379 e. The van der Waals surface area contributed by atoms with Crippen molar-refractivity contribution >= 4 is 17.2 Å². The van der Waals surface area contributed by atoms with Crippen molar-refractivity contribution in [1.82, 2.24) is 30.0 Å². The zero-order valence-electron chi connectivity index (χ0n) is 19.3. The molecule has 0 radical (unpaired) electrons. The number of thiophene rings is 1. The number of hydrogen-bond acceptors (Lipinski definition) is 7. The third-order valence-corrected chi connectivity index (χ3v) is 8.31. The lowest BCUT2D eigenvalue weighted by Gasteiger charge is -2.43. The maximum Gasteiger partial charge on any atom is 0.254 e. The van der Waals surface area contributed by atoms with Gasteiger partial charge in [-0.05, 0) is 43.2 Å². The van der Waals surface area contributed by atoms with Crippen molar-refractivity contribution in [3.8, 4) is 16.5 Å². The Morgan fingerprint density at radius 1 is 1.21 bits per heavy atom. The van der Waals surface area contributed by atoms with Crippen molar-refractivity contribution in [2.45, 2.75) is 50.0 Å². The van der Waals surface area contributed by atoms with Crippen LogP contribution in [0, 0.1) is 0 Å². The second-order valence-electron chi connectivity index (χ2n) is 9.56. The van der Waals surface area contributed by atoms with Gasteiger partial charge in [-0.25, -0.2) is 14.6 Å². The van der Waals surface area contributed by atoms with Gasteiger partial charge in [0.25, 0.3) is 11.9 Å². The van der Waals surface area contributed by atoms with Crippen LogP contribution in [0.15, 0.2) is 36.0 Å². The lowest BCUT2D eigenvalue weighted by molar-refractivity contribution is -0.0199. The van der Waals surface area contributed by atoms with Crippen LogP contribution in [-0.2, 0) is 4.74 Å². The van der Waals surface area contributed by atoms with Crippen LogP contribution >= 0.6 is 11.3 Å². The van der Waals surface area contributed by atoms with Gasteiger partial charge in [-0.1, -0.05) is 18.9 Å². The number of carbonyl (C=O) groups is 1. The summed E-state index contributed by atoms with van der Waals surface area (Å²) in [5, 5.41) is 9.91. The summed E-state index contributed by atoms with van der Waals surface area (Å²) < 4.78 is 7.35. The van der Waals surface area contributed by atoms with Crippen LogP contribution in [0.1, 0.15) is 60.5 Å². The zero-order chi connectivity index (χ0) is 23.0. The van der Waals surface area contributed by atoms with E-state index in [1.54, 1.807) is 28.4 Å². The van der Waals surface area contributed by atoms with E-state index in [9.17, 15) is 4.79 Å². The predicted molar refractivity (Wildman–Crippen MR) is 130 cm³/mol. The molecule has 0 bridgehead atoms. The summed E-state index contributed by atoms with van der Waals surface area (Å²) in [5.74, 6) is 0.812. The average molecular weight is 479 g/mol. The monoisotopic (exact) mass is 478 g/mol. The highest BCUT2D eigenvalue weighted by Crippen LogP contribution is 2.42. The molecule has 4 heterocycles. The summed E-state index contributed by atoms with van der Waals surface area (Å²) in [6.45, 7) is 4.11. The SMILES string of the molecule is O=C(NCC1(N2CCOCC2)CCCC1)c1cnn(-c2nccc(-c3cccs3)n2)c1C1CC1. The summed E-state index contributed by atoms with van der Waals surface area (Å²) in [6, 6.07) is 5.98. The Balaban J connectivity index is 1.24. The summed E-state index contributed by atoms with van der Waals surface area (Å²) in [7, 11) is 0. The van der Waals surface area contributed by atoms with E-state index in [2.05, 4.69) is 20.3 Å². The molecule has 9 heteroatoms. The molecule has 0 aromatic carbocycles. The van der Waals surface area contributed by atoms with Gasteiger partial charge in [-0.2, -0.15) is 5.10 Å². The van der Waals surface area contributed by atoms with Crippen LogP contribution in [0.2, 0.25) is 0 Å². The normalized spacial score (nSPS) is 20.5. The molecule has 3 fully saturated rings. The second kappa shape index (κ2) is 9.20. The standard InChI is InChI=1S/C25H30N6O2S/c32-23(27-17-25(8-1-2-9-25)30-11-13-33-14-12-30)19-16-28-31(22(19)18-5-6-18)24-26-10-7-20(29-24)21-4-3-15-34-21/h3-4,7,10,15-16,18H,1-2,5-6,8-9,11-14,17H2,(H,27,32). The number of morpholine rings is 1. The van der Waals surface area contributed by atoms with Crippen LogP contribution in [0.5, 0.6) is 0 Å². The molecule has 0 spiro atoms. The van der Waals surface area contributed by atoms with Crippen LogP contribution in [0.25, 0.3) is 16.5 Å². The molecule has 1 N–H and O–H groups in total. The molecule has 2 saturated carbocycles. The third-order valence-electron chi connectivity index (χ3n) is 7.42. The summed E-state index contributed by atoms with van der Waals surface area (Å²) in [5.41, 5.74) is 2.51. The Kier molecular flexibility index (Phi) is 5.92. The summed E-state index contributed by atoms with van der Waals surface area (Å²) in [6.07, 6.45) is 10.3. The van der Waals surface area contributed by atoms with Gasteiger partial charge in [0.2, 0.25) is 0 Å². The molecule has 1 amide bonds. The van der Waals surface area contributed by atoms with Gasteiger partial charge in [0.1, 0.15) is 0 Å². The summed E-state index contributed by atoms with van der Waals surface area (Å²) >= 11 is 1.65. The number of rotatable bonds is 7. The Labute approximate surface area is 203 Å². The average Bonchev–Trinajstić information content (AvgIpc) is 3.28. The molecule has 8 nitrogen and oxygen atoms in total. The minimum Gasteiger partial charge on any atom is -0.379 e. The van der Waals surface area contributed by atoms with Crippen LogP contribution in [-0.4, -0.2) is 68.9 Å². The molecule has 0 atom stereocenters. The molecule has 178 valence electrons. The molecule has 3 aliphatic rings. The van der Waals surface area contributed by atoms with Crippen LogP contribution in [0.4, 0.5) is 0 Å². The first-order chi connectivity index (χ1) is 16.7. The van der Waals surface area contributed by atoms with Crippen molar-refractivity contribution in [1.29, 1.82) is 0 Å². The van der Waals surface area contributed by atoms with Gasteiger partial charge >= 0.3 is 0 Å². The van der Waals surface area contributed by atoms with E-state index in [4.69, 9.17) is 9.72 Å². The molecule has 3 aromatic rings. The molecule has 34 heavy (non-hydrogen) atoms. The van der Waals surface area contributed by atoms with E-state index in [1.165, 1.54) is 12.8 Å². The summed E-state index contributed by atoms with van der Waals surface area (Å²) in [4.78, 5) is 26.3. The van der Waals surface area contributed by atoms with E-state index in [-0.39, 0.29) is 11.4 Å². The van der Waals surface area contributed by atoms with Crippen molar-refractivity contribution < 1.29 is 9.53 Å². The minimum absolute atomic E-state index is 0.0397. The molecule has 2 aliphatic carbocycles. The van der Waals surface area contributed by atoms with E-state index in [1.807, 2.05) is 23.6 Å². The fourth-order valence-electron chi connectivity index (χ4n) is 5.47. The second-order valence-corrected chi connectivity index (χ2v) is 10.5. The number of carbonyl (C=O) groups excluding carboxylic acids is 1. The number of nitrogens with zero attached hydrogens (tertiary/aromatic N) is 5. The molecule has 6 rings (SSSR count). The minimum atomic E-state index is -0.0397. The molecule has 1 saturated heterocycles. The molecule has 3 aromatic heterocycles. The first kappa shape index (κ1) is 21.9.